The maximum Gasteiger partial charge on any atom is 0.322 e. The molecule has 0 aromatic rings. The van der Waals surface area contributed by atoms with Crippen LogP contribution in [0.3, 0.4) is 0 Å². The van der Waals surface area contributed by atoms with E-state index in [9.17, 15) is 4.79 Å². The van der Waals surface area contributed by atoms with Crippen LogP contribution in [0.4, 0.5) is 0 Å². The predicted molar refractivity (Wildman–Crippen MR) is 55.0 cm³/mol. The quantitative estimate of drug-likeness (QED) is 0.489. The number of hydrogen-bond donors (Lipinski definition) is 2. The maximum atomic E-state index is 11.0. The van der Waals surface area contributed by atoms with Crippen LogP contribution in [0.25, 0.3) is 0 Å². The fourth-order valence-electron chi connectivity index (χ4n) is 1.02. The lowest BCUT2D eigenvalue weighted by Gasteiger charge is -2.12. The minimum Gasteiger partial charge on any atom is -0.468 e. The molecule has 4 nitrogen and oxygen atoms in total. The standard InChI is InChI=1S/C8H18N2O2.ClH/c1-10-7(8(11)12-2)5-3-4-6-9;/h7,10H,3-6,9H2,1-2H3;1H. The molecule has 0 aromatic carbocycles. The molecule has 5 heteroatoms. The fraction of sp³-hybridized carbons (Fsp3) is 0.875. The molecule has 1 unspecified atom stereocenters. The van der Waals surface area contributed by atoms with Gasteiger partial charge in [-0.2, -0.15) is 0 Å². The summed E-state index contributed by atoms with van der Waals surface area (Å²) in [5.41, 5.74) is 5.33. The summed E-state index contributed by atoms with van der Waals surface area (Å²) >= 11 is 0. The van der Waals surface area contributed by atoms with Crippen LogP contribution in [0.5, 0.6) is 0 Å². The van der Waals surface area contributed by atoms with E-state index in [1.165, 1.54) is 7.11 Å². The summed E-state index contributed by atoms with van der Waals surface area (Å²) in [4.78, 5) is 11.0. The number of hydrogen-bond acceptors (Lipinski definition) is 4. The number of carbonyl (C=O) groups excluding carboxylic acids is 1. The molecule has 1 atom stereocenters. The van der Waals surface area contributed by atoms with E-state index in [1.54, 1.807) is 7.05 Å². The Hall–Kier alpha value is -0.320. The summed E-state index contributed by atoms with van der Waals surface area (Å²) in [5.74, 6) is -0.200. The van der Waals surface area contributed by atoms with Crippen molar-refractivity contribution in [2.75, 3.05) is 20.7 Å². The zero-order valence-corrected chi connectivity index (χ0v) is 9.02. The zero-order chi connectivity index (χ0) is 9.40. The highest BCUT2D eigenvalue weighted by molar-refractivity contribution is 5.85. The topological polar surface area (TPSA) is 64.3 Å². The largest absolute Gasteiger partial charge is 0.468 e. The van der Waals surface area contributed by atoms with Gasteiger partial charge in [-0.25, -0.2) is 0 Å². The summed E-state index contributed by atoms with van der Waals surface area (Å²) in [6.07, 6.45) is 2.70. The van der Waals surface area contributed by atoms with Crippen LogP contribution in [0.2, 0.25) is 0 Å². The van der Waals surface area contributed by atoms with Crippen molar-refractivity contribution >= 4 is 18.4 Å². The third-order valence-corrected chi connectivity index (χ3v) is 1.78. The molecular formula is C8H19ClN2O2. The lowest BCUT2D eigenvalue weighted by atomic mass is 10.1. The molecule has 0 saturated carbocycles. The Balaban J connectivity index is 0. The summed E-state index contributed by atoms with van der Waals surface area (Å²) in [7, 11) is 3.15. The van der Waals surface area contributed by atoms with Crippen molar-refractivity contribution in [2.24, 2.45) is 5.73 Å². The lowest BCUT2D eigenvalue weighted by molar-refractivity contribution is -0.143. The van der Waals surface area contributed by atoms with Crippen LogP contribution >= 0.6 is 12.4 Å². The second-order valence-electron chi connectivity index (χ2n) is 2.65. The molecule has 0 aromatic heterocycles. The molecule has 0 bridgehead atoms. The van der Waals surface area contributed by atoms with E-state index >= 15 is 0 Å². The molecule has 0 aliphatic carbocycles. The number of likely N-dealkylation sites (N-methyl/N-ethyl adjacent to an activating group) is 1. The molecule has 0 spiro atoms. The van der Waals surface area contributed by atoms with E-state index in [1.807, 2.05) is 0 Å². The smallest absolute Gasteiger partial charge is 0.322 e. The average Bonchev–Trinajstić information content (AvgIpc) is 2.11. The Morgan fingerprint density at radius 1 is 1.54 bits per heavy atom. The van der Waals surface area contributed by atoms with Crippen LogP contribution in [0.15, 0.2) is 0 Å². The second-order valence-corrected chi connectivity index (χ2v) is 2.65. The number of carbonyl (C=O) groups is 1. The van der Waals surface area contributed by atoms with E-state index in [-0.39, 0.29) is 24.4 Å². The Bertz CT molecular complexity index is 133. The summed E-state index contributed by atoms with van der Waals surface area (Å²) in [5, 5.41) is 2.90. The number of rotatable bonds is 6. The van der Waals surface area contributed by atoms with Gasteiger partial charge in [0.25, 0.3) is 0 Å². The van der Waals surface area contributed by atoms with Gasteiger partial charge in [-0.3, -0.25) is 4.79 Å². The third kappa shape index (κ3) is 6.81. The Morgan fingerprint density at radius 3 is 2.54 bits per heavy atom. The van der Waals surface area contributed by atoms with E-state index < -0.39 is 0 Å². The first kappa shape index (κ1) is 15.2. The minimum atomic E-state index is -0.200. The van der Waals surface area contributed by atoms with Gasteiger partial charge >= 0.3 is 5.97 Å². The first-order valence-corrected chi connectivity index (χ1v) is 4.21. The van der Waals surface area contributed by atoms with E-state index in [0.29, 0.717) is 6.54 Å². The molecule has 0 rings (SSSR count). The van der Waals surface area contributed by atoms with Gasteiger partial charge in [0, 0.05) is 0 Å². The number of methoxy groups -OCH3 is 1. The summed E-state index contributed by atoms with van der Waals surface area (Å²) < 4.78 is 4.60. The SMILES string of the molecule is CNC(CCCCN)C(=O)OC.Cl. The van der Waals surface area contributed by atoms with Gasteiger partial charge in [0.05, 0.1) is 7.11 Å². The van der Waals surface area contributed by atoms with Gasteiger partial charge < -0.3 is 15.8 Å². The number of unbranched alkanes of at least 4 members (excludes halogenated alkanes) is 1. The molecule has 0 fully saturated rings. The summed E-state index contributed by atoms with van der Waals surface area (Å²) in [6.45, 7) is 0.678. The third-order valence-electron chi connectivity index (χ3n) is 1.78. The van der Waals surface area contributed by atoms with E-state index in [2.05, 4.69) is 10.1 Å². The number of esters is 1. The van der Waals surface area contributed by atoms with Crippen molar-refractivity contribution < 1.29 is 9.53 Å². The normalized spacial score (nSPS) is 11.6. The Kier molecular flexibility index (Phi) is 11.4. The van der Waals surface area contributed by atoms with Crippen LogP contribution < -0.4 is 11.1 Å². The molecule has 3 N–H and O–H groups in total. The van der Waals surface area contributed by atoms with Crippen molar-refractivity contribution in [2.45, 2.75) is 25.3 Å². The molecule has 0 aliphatic heterocycles. The molecule has 0 amide bonds. The van der Waals surface area contributed by atoms with E-state index in [0.717, 1.165) is 19.3 Å². The van der Waals surface area contributed by atoms with Crippen molar-refractivity contribution in [3.63, 3.8) is 0 Å². The maximum absolute atomic E-state index is 11.0. The molecule has 13 heavy (non-hydrogen) atoms. The van der Waals surface area contributed by atoms with E-state index in [4.69, 9.17) is 5.73 Å². The van der Waals surface area contributed by atoms with Crippen LogP contribution in [0.1, 0.15) is 19.3 Å². The number of halogens is 1. The number of nitrogens with two attached hydrogens (primary N) is 1. The predicted octanol–water partition coefficient (Wildman–Crippen LogP) is 0.298. The van der Waals surface area contributed by atoms with Crippen molar-refractivity contribution in [3.05, 3.63) is 0 Å². The number of nitrogens with one attached hydrogen (secondary N) is 1. The molecule has 0 radical (unpaired) electrons. The zero-order valence-electron chi connectivity index (χ0n) is 8.21. The molecule has 80 valence electrons. The summed E-state index contributed by atoms with van der Waals surface area (Å²) in [6, 6.07) is -0.179. The van der Waals surface area contributed by atoms with Gasteiger partial charge in [-0.15, -0.1) is 12.4 Å². The van der Waals surface area contributed by atoms with Crippen molar-refractivity contribution in [3.8, 4) is 0 Å². The van der Waals surface area contributed by atoms with Gasteiger partial charge in [-0.1, -0.05) is 6.42 Å². The number of ether oxygens (including phenoxy) is 1. The lowest BCUT2D eigenvalue weighted by Crippen LogP contribution is -2.34. The first-order chi connectivity index (χ1) is 5.76. The molecule has 0 heterocycles. The van der Waals surface area contributed by atoms with Crippen LogP contribution in [-0.4, -0.2) is 32.7 Å². The highest BCUT2D eigenvalue weighted by atomic mass is 35.5. The van der Waals surface area contributed by atoms with Crippen LogP contribution in [0, 0.1) is 0 Å². The van der Waals surface area contributed by atoms with Gasteiger partial charge in [-0.05, 0) is 26.4 Å². The van der Waals surface area contributed by atoms with Crippen LogP contribution in [-0.2, 0) is 9.53 Å². The average molecular weight is 211 g/mol. The molecular weight excluding hydrogens is 192 g/mol. The highest BCUT2D eigenvalue weighted by Gasteiger charge is 2.15. The second kappa shape index (κ2) is 9.77. The minimum absolute atomic E-state index is 0. The molecule has 0 aliphatic rings. The van der Waals surface area contributed by atoms with Crippen molar-refractivity contribution in [1.82, 2.24) is 5.32 Å². The van der Waals surface area contributed by atoms with Gasteiger partial charge in [0.2, 0.25) is 0 Å². The molecule has 0 saturated heterocycles. The van der Waals surface area contributed by atoms with Crippen molar-refractivity contribution in [1.29, 1.82) is 0 Å². The Labute approximate surface area is 85.6 Å². The highest BCUT2D eigenvalue weighted by Crippen LogP contribution is 2.00. The fourth-order valence-corrected chi connectivity index (χ4v) is 1.02. The first-order valence-electron chi connectivity index (χ1n) is 4.21. The van der Waals surface area contributed by atoms with Gasteiger partial charge in [0.15, 0.2) is 0 Å². The van der Waals surface area contributed by atoms with Gasteiger partial charge in [0.1, 0.15) is 6.04 Å². The Morgan fingerprint density at radius 2 is 2.15 bits per heavy atom. The monoisotopic (exact) mass is 210 g/mol.